The van der Waals surface area contributed by atoms with Crippen molar-refractivity contribution in [3.63, 3.8) is 0 Å². The molecule has 3 rings (SSSR count). The van der Waals surface area contributed by atoms with Crippen molar-refractivity contribution in [3.05, 3.63) is 38.5 Å². The minimum Gasteiger partial charge on any atom is -0.324 e. The van der Waals surface area contributed by atoms with E-state index >= 15 is 0 Å². The van der Waals surface area contributed by atoms with Gasteiger partial charge in [0.25, 0.3) is 0 Å². The highest BCUT2D eigenvalue weighted by molar-refractivity contribution is 7.15. The van der Waals surface area contributed by atoms with Crippen molar-refractivity contribution in [2.75, 3.05) is 5.32 Å². The number of aromatic nitrogens is 2. The summed E-state index contributed by atoms with van der Waals surface area (Å²) in [6.45, 7) is 2.03. The van der Waals surface area contributed by atoms with E-state index < -0.39 is 0 Å². The molecule has 3 nitrogen and oxygen atoms in total. The average molecular weight is 314 g/mol. The largest absolute Gasteiger partial charge is 0.324 e. The number of hydrogen-bond donors (Lipinski definition) is 2. The van der Waals surface area contributed by atoms with Crippen molar-refractivity contribution in [2.45, 2.75) is 14.4 Å². The number of aromatic amines is 1. The Labute approximate surface area is 125 Å². The molecule has 0 aliphatic carbocycles. The summed E-state index contributed by atoms with van der Waals surface area (Å²) in [5.74, 6) is 0.640. The molecule has 0 saturated carbocycles. The Morgan fingerprint density at radius 3 is 2.74 bits per heavy atom. The second kappa shape index (κ2) is 5.41. The lowest BCUT2D eigenvalue weighted by atomic mass is 10.2. The van der Waals surface area contributed by atoms with Gasteiger partial charge in [-0.05, 0) is 18.6 Å². The van der Waals surface area contributed by atoms with Crippen molar-refractivity contribution in [1.82, 2.24) is 9.97 Å². The maximum Gasteiger partial charge on any atom is 0.205 e. The number of anilines is 2. The van der Waals surface area contributed by atoms with Crippen LogP contribution in [-0.2, 0) is 0 Å². The van der Waals surface area contributed by atoms with E-state index in [1.165, 1.54) is 11.3 Å². The van der Waals surface area contributed by atoms with Crippen molar-refractivity contribution < 1.29 is 0 Å². The molecule has 1 aromatic carbocycles. The molecule has 0 aliphatic heterocycles. The van der Waals surface area contributed by atoms with E-state index in [1.807, 2.05) is 25.1 Å². The Balaban J connectivity index is 0.00000133. The molecule has 0 unspecified atom stereocenters. The number of nitrogens with zero attached hydrogens (tertiary/aromatic N) is 1. The van der Waals surface area contributed by atoms with Crippen LogP contribution in [0, 0.1) is 6.92 Å². The molecular formula is C13H13Cl2N3S. The molecular weight excluding hydrogens is 301 g/mol. The summed E-state index contributed by atoms with van der Waals surface area (Å²) in [5.41, 5.74) is 3.75. The van der Waals surface area contributed by atoms with Gasteiger partial charge in [-0.2, -0.15) is 0 Å². The lowest BCUT2D eigenvalue weighted by molar-refractivity contribution is 1.31. The SMILES string of the molecule is C.Cc1cccc2[nH]c(Nc3c(Cl)csc3Cl)nc12. The molecule has 0 spiro atoms. The number of rotatable bonds is 2. The van der Waals surface area contributed by atoms with E-state index in [0.717, 1.165) is 16.6 Å². The van der Waals surface area contributed by atoms with E-state index in [0.29, 0.717) is 21.0 Å². The molecule has 0 atom stereocenters. The fourth-order valence-corrected chi connectivity index (χ4v) is 3.04. The van der Waals surface area contributed by atoms with Crippen molar-refractivity contribution in [1.29, 1.82) is 0 Å². The minimum atomic E-state index is 0. The number of H-pyrrole nitrogens is 1. The fraction of sp³-hybridized carbons (Fsp3) is 0.154. The average Bonchev–Trinajstić information content (AvgIpc) is 2.89. The molecule has 0 saturated heterocycles. The van der Waals surface area contributed by atoms with Gasteiger partial charge in [-0.25, -0.2) is 4.98 Å². The number of nitrogens with one attached hydrogen (secondary N) is 2. The second-order valence-electron chi connectivity index (χ2n) is 3.91. The Morgan fingerprint density at radius 2 is 2.11 bits per heavy atom. The first-order valence-electron chi connectivity index (χ1n) is 5.30. The van der Waals surface area contributed by atoms with Crippen LogP contribution in [0.2, 0.25) is 9.36 Å². The standard InChI is InChI=1S/C12H9Cl2N3S.CH4/c1-6-3-2-4-8-9(6)16-12(15-8)17-10-7(13)5-18-11(10)14;/h2-5H,1H3,(H2,15,16,17);1H4. The summed E-state index contributed by atoms with van der Waals surface area (Å²) < 4.78 is 0.622. The van der Waals surface area contributed by atoms with Crippen LogP contribution < -0.4 is 5.32 Å². The van der Waals surface area contributed by atoms with E-state index in [2.05, 4.69) is 15.3 Å². The van der Waals surface area contributed by atoms with Crippen LogP contribution in [0.1, 0.15) is 13.0 Å². The fourth-order valence-electron chi connectivity index (χ4n) is 1.78. The van der Waals surface area contributed by atoms with Gasteiger partial charge < -0.3 is 10.3 Å². The zero-order valence-electron chi connectivity index (χ0n) is 9.42. The highest BCUT2D eigenvalue weighted by Gasteiger charge is 2.11. The molecule has 100 valence electrons. The predicted molar refractivity (Wildman–Crippen MR) is 85.2 cm³/mol. The molecule has 0 amide bonds. The lowest BCUT2D eigenvalue weighted by Crippen LogP contribution is -1.91. The molecule has 6 heteroatoms. The van der Waals surface area contributed by atoms with Crippen LogP contribution in [0.15, 0.2) is 23.6 Å². The third-order valence-corrected chi connectivity index (χ3v) is 4.31. The van der Waals surface area contributed by atoms with Gasteiger partial charge in [0.2, 0.25) is 5.95 Å². The first-order chi connectivity index (χ1) is 8.65. The van der Waals surface area contributed by atoms with Gasteiger partial charge >= 0.3 is 0 Å². The van der Waals surface area contributed by atoms with Gasteiger partial charge in [-0.3, -0.25) is 0 Å². The maximum atomic E-state index is 6.05. The normalized spacial score (nSPS) is 10.5. The van der Waals surface area contributed by atoms with Crippen molar-refractivity contribution in [2.24, 2.45) is 0 Å². The highest BCUT2D eigenvalue weighted by Crippen LogP contribution is 2.38. The highest BCUT2D eigenvalue weighted by atomic mass is 35.5. The Hall–Kier alpha value is -1.23. The summed E-state index contributed by atoms with van der Waals surface area (Å²) in [4.78, 5) is 7.68. The number of thiophene rings is 1. The minimum absolute atomic E-state index is 0. The first-order valence-corrected chi connectivity index (χ1v) is 6.93. The van der Waals surface area contributed by atoms with Crippen LogP contribution in [0.25, 0.3) is 11.0 Å². The molecule has 2 heterocycles. The molecule has 0 fully saturated rings. The number of benzene rings is 1. The van der Waals surface area contributed by atoms with Crippen LogP contribution in [0.3, 0.4) is 0 Å². The topological polar surface area (TPSA) is 40.7 Å². The van der Waals surface area contributed by atoms with Crippen LogP contribution in [0.5, 0.6) is 0 Å². The second-order valence-corrected chi connectivity index (χ2v) is 5.80. The summed E-state index contributed by atoms with van der Waals surface area (Å²) in [5, 5.41) is 5.51. The maximum absolute atomic E-state index is 6.05. The van der Waals surface area contributed by atoms with Crippen LogP contribution >= 0.6 is 34.5 Å². The Morgan fingerprint density at radius 1 is 1.32 bits per heavy atom. The smallest absolute Gasteiger partial charge is 0.205 e. The molecule has 2 aromatic heterocycles. The van der Waals surface area contributed by atoms with E-state index in [1.54, 1.807) is 5.38 Å². The predicted octanol–water partition coefficient (Wildman–Crippen LogP) is 5.62. The zero-order valence-corrected chi connectivity index (χ0v) is 11.7. The van der Waals surface area contributed by atoms with Gasteiger partial charge in [0.05, 0.1) is 21.7 Å². The quantitative estimate of drug-likeness (QED) is 0.644. The van der Waals surface area contributed by atoms with E-state index in [4.69, 9.17) is 23.2 Å². The number of halogens is 2. The van der Waals surface area contributed by atoms with Crippen molar-refractivity contribution in [3.8, 4) is 0 Å². The molecule has 0 aliphatic rings. The molecule has 3 aromatic rings. The lowest BCUT2D eigenvalue weighted by Gasteiger charge is -2.00. The molecule has 19 heavy (non-hydrogen) atoms. The third-order valence-electron chi connectivity index (χ3n) is 2.66. The van der Waals surface area contributed by atoms with Gasteiger partial charge in [0.15, 0.2) is 0 Å². The monoisotopic (exact) mass is 313 g/mol. The summed E-state index contributed by atoms with van der Waals surface area (Å²) >= 11 is 13.5. The summed E-state index contributed by atoms with van der Waals surface area (Å²) in [6, 6.07) is 6.00. The van der Waals surface area contributed by atoms with E-state index in [-0.39, 0.29) is 7.43 Å². The molecule has 0 bridgehead atoms. The Kier molecular flexibility index (Phi) is 4.04. The van der Waals surface area contributed by atoms with Crippen LogP contribution in [0.4, 0.5) is 11.6 Å². The van der Waals surface area contributed by atoms with Gasteiger partial charge in [0, 0.05) is 5.38 Å². The third kappa shape index (κ3) is 2.56. The number of fused-ring (bicyclic) bond motifs is 1. The number of imidazole rings is 1. The number of aryl methyl sites for hydroxylation is 1. The van der Waals surface area contributed by atoms with Crippen LogP contribution in [-0.4, -0.2) is 9.97 Å². The summed E-state index contributed by atoms with van der Waals surface area (Å²) in [7, 11) is 0. The Bertz CT molecular complexity index is 698. The van der Waals surface area contributed by atoms with Gasteiger partial charge in [0.1, 0.15) is 4.34 Å². The van der Waals surface area contributed by atoms with Crippen molar-refractivity contribution >= 4 is 57.2 Å². The molecule has 2 N–H and O–H groups in total. The van der Waals surface area contributed by atoms with Gasteiger partial charge in [-0.1, -0.05) is 42.8 Å². The van der Waals surface area contributed by atoms with E-state index in [9.17, 15) is 0 Å². The van der Waals surface area contributed by atoms with Gasteiger partial charge in [-0.15, -0.1) is 11.3 Å². The number of hydrogen-bond acceptors (Lipinski definition) is 3. The molecule has 0 radical (unpaired) electrons. The first kappa shape index (κ1) is 14.2. The zero-order chi connectivity index (χ0) is 12.7. The summed E-state index contributed by atoms with van der Waals surface area (Å²) in [6.07, 6.45) is 0. The number of para-hydroxylation sites is 1.